The van der Waals surface area contributed by atoms with Crippen molar-refractivity contribution in [1.29, 1.82) is 0 Å². The van der Waals surface area contributed by atoms with Crippen LogP contribution in [0.1, 0.15) is 23.7 Å². The van der Waals surface area contributed by atoms with Gasteiger partial charge in [-0.05, 0) is 30.8 Å². The Hall–Kier alpha value is -1.74. The zero-order valence-electron chi connectivity index (χ0n) is 9.94. The second-order valence-electron chi connectivity index (χ2n) is 3.94. The number of rotatable bonds is 5. The summed E-state index contributed by atoms with van der Waals surface area (Å²) in [6, 6.07) is 9.52. The molecule has 3 heteroatoms. The van der Waals surface area contributed by atoms with Crippen LogP contribution in [-0.4, -0.2) is 23.9 Å². The molecule has 3 nitrogen and oxygen atoms in total. The van der Waals surface area contributed by atoms with Crippen molar-refractivity contribution in [3.05, 3.63) is 42.1 Å². The summed E-state index contributed by atoms with van der Waals surface area (Å²) in [5, 5.41) is 4.17. The van der Waals surface area contributed by atoms with Crippen molar-refractivity contribution in [2.75, 3.05) is 13.1 Å². The maximum Gasteiger partial charge on any atom is 0.164 e. The van der Waals surface area contributed by atoms with Crippen LogP contribution >= 0.6 is 0 Å². The molecule has 1 N–H and O–H groups in total. The molecule has 0 saturated carbocycles. The van der Waals surface area contributed by atoms with E-state index in [0.717, 1.165) is 29.6 Å². The number of pyridine rings is 1. The van der Waals surface area contributed by atoms with E-state index < -0.39 is 0 Å². The molecule has 0 unspecified atom stereocenters. The van der Waals surface area contributed by atoms with Crippen molar-refractivity contribution in [3.63, 3.8) is 0 Å². The normalized spacial score (nSPS) is 10.6. The van der Waals surface area contributed by atoms with Crippen LogP contribution < -0.4 is 5.32 Å². The molecule has 0 bridgehead atoms. The van der Waals surface area contributed by atoms with Crippen molar-refractivity contribution in [2.24, 2.45) is 0 Å². The molecule has 2 aromatic rings. The van der Waals surface area contributed by atoms with E-state index in [-0.39, 0.29) is 5.78 Å². The summed E-state index contributed by atoms with van der Waals surface area (Å²) in [7, 11) is 0. The first-order valence-corrected chi connectivity index (χ1v) is 5.90. The van der Waals surface area contributed by atoms with Gasteiger partial charge in [-0.25, -0.2) is 0 Å². The molecule has 0 atom stereocenters. The first-order valence-electron chi connectivity index (χ1n) is 5.90. The van der Waals surface area contributed by atoms with Crippen LogP contribution in [0.15, 0.2) is 36.5 Å². The van der Waals surface area contributed by atoms with Gasteiger partial charge in [-0.3, -0.25) is 9.78 Å². The maximum atomic E-state index is 11.9. The lowest BCUT2D eigenvalue weighted by Gasteiger charge is -2.03. The third-order valence-corrected chi connectivity index (χ3v) is 2.70. The van der Waals surface area contributed by atoms with Gasteiger partial charge in [0.25, 0.3) is 0 Å². The van der Waals surface area contributed by atoms with E-state index in [4.69, 9.17) is 0 Å². The summed E-state index contributed by atoms with van der Waals surface area (Å²) in [6.45, 7) is 3.67. The highest BCUT2D eigenvalue weighted by Crippen LogP contribution is 2.14. The van der Waals surface area contributed by atoms with Crippen molar-refractivity contribution >= 4 is 16.7 Å². The smallest absolute Gasteiger partial charge is 0.164 e. The van der Waals surface area contributed by atoms with E-state index in [2.05, 4.69) is 10.3 Å². The van der Waals surface area contributed by atoms with Crippen LogP contribution in [0.4, 0.5) is 0 Å². The largest absolute Gasteiger partial charge is 0.317 e. The predicted octanol–water partition coefficient (Wildman–Crippen LogP) is 2.42. The molecule has 0 aliphatic rings. The Labute approximate surface area is 101 Å². The van der Waals surface area contributed by atoms with Gasteiger partial charge in [-0.15, -0.1) is 0 Å². The predicted molar refractivity (Wildman–Crippen MR) is 69.2 cm³/mol. The number of aromatic nitrogens is 1. The van der Waals surface area contributed by atoms with Crippen molar-refractivity contribution in [3.8, 4) is 0 Å². The molecule has 0 saturated heterocycles. The number of carbonyl (C=O) groups excluding carboxylic acids is 1. The van der Waals surface area contributed by atoms with Crippen LogP contribution in [0.25, 0.3) is 10.9 Å². The Bertz CT molecular complexity index is 522. The van der Waals surface area contributed by atoms with E-state index in [0.29, 0.717) is 6.42 Å². The molecular formula is C14H16N2O. The maximum absolute atomic E-state index is 11.9. The van der Waals surface area contributed by atoms with Gasteiger partial charge in [0.2, 0.25) is 0 Å². The fourth-order valence-electron chi connectivity index (χ4n) is 1.77. The lowest BCUT2D eigenvalue weighted by molar-refractivity contribution is 0.0983. The van der Waals surface area contributed by atoms with E-state index in [9.17, 15) is 4.79 Å². The summed E-state index contributed by atoms with van der Waals surface area (Å²) in [5.41, 5.74) is 1.69. The number of hydrogen-bond donors (Lipinski definition) is 1. The van der Waals surface area contributed by atoms with Gasteiger partial charge in [-0.2, -0.15) is 0 Å². The quantitative estimate of drug-likeness (QED) is 0.631. The molecule has 0 fully saturated rings. The van der Waals surface area contributed by atoms with E-state index in [1.165, 1.54) is 0 Å². The van der Waals surface area contributed by atoms with Crippen LogP contribution in [-0.2, 0) is 0 Å². The summed E-state index contributed by atoms with van der Waals surface area (Å²) in [4.78, 5) is 16.1. The Balaban J connectivity index is 2.15. The summed E-state index contributed by atoms with van der Waals surface area (Å²) in [6.07, 6.45) is 2.30. The average molecular weight is 228 g/mol. The lowest BCUT2D eigenvalue weighted by Crippen LogP contribution is -2.17. The average Bonchev–Trinajstić information content (AvgIpc) is 2.38. The SMILES string of the molecule is CCNCCC(=O)c1ccc2ncccc2c1. The Kier molecular flexibility index (Phi) is 3.83. The van der Waals surface area contributed by atoms with E-state index >= 15 is 0 Å². The van der Waals surface area contributed by atoms with Crippen LogP contribution in [0, 0.1) is 0 Å². The second-order valence-corrected chi connectivity index (χ2v) is 3.94. The Morgan fingerprint density at radius 1 is 1.35 bits per heavy atom. The topological polar surface area (TPSA) is 42.0 Å². The van der Waals surface area contributed by atoms with Gasteiger partial charge in [0.15, 0.2) is 5.78 Å². The van der Waals surface area contributed by atoms with Crippen molar-refractivity contribution in [1.82, 2.24) is 10.3 Å². The highest BCUT2D eigenvalue weighted by molar-refractivity contribution is 5.99. The number of hydrogen-bond acceptors (Lipinski definition) is 3. The molecule has 1 aromatic carbocycles. The molecule has 1 aromatic heterocycles. The zero-order valence-corrected chi connectivity index (χ0v) is 9.94. The Morgan fingerprint density at radius 2 is 2.24 bits per heavy atom. The highest BCUT2D eigenvalue weighted by atomic mass is 16.1. The standard InChI is InChI=1S/C14H16N2O/c1-2-15-9-7-14(17)12-5-6-13-11(10-12)4-3-8-16-13/h3-6,8,10,15H,2,7,9H2,1H3. The summed E-state index contributed by atoms with van der Waals surface area (Å²) in [5.74, 6) is 0.178. The first-order chi connectivity index (χ1) is 8.31. The number of Topliss-reactive ketones (excluding diaryl/α,β-unsaturated/α-hetero) is 1. The minimum Gasteiger partial charge on any atom is -0.317 e. The van der Waals surface area contributed by atoms with Gasteiger partial charge in [0.1, 0.15) is 0 Å². The van der Waals surface area contributed by atoms with Gasteiger partial charge >= 0.3 is 0 Å². The molecule has 0 aliphatic carbocycles. The second kappa shape index (κ2) is 5.55. The molecule has 17 heavy (non-hydrogen) atoms. The molecule has 2 rings (SSSR count). The van der Waals surface area contributed by atoms with Gasteiger partial charge in [0.05, 0.1) is 5.52 Å². The minimum atomic E-state index is 0.178. The summed E-state index contributed by atoms with van der Waals surface area (Å²) < 4.78 is 0. The molecule has 0 radical (unpaired) electrons. The molecule has 1 heterocycles. The number of benzene rings is 1. The molecule has 0 aliphatic heterocycles. The van der Waals surface area contributed by atoms with Crippen molar-refractivity contribution in [2.45, 2.75) is 13.3 Å². The number of ketones is 1. The number of nitrogens with zero attached hydrogens (tertiary/aromatic N) is 1. The van der Waals surface area contributed by atoms with E-state index in [1.54, 1.807) is 6.20 Å². The zero-order chi connectivity index (χ0) is 12.1. The van der Waals surface area contributed by atoms with Gasteiger partial charge < -0.3 is 5.32 Å². The monoisotopic (exact) mass is 228 g/mol. The van der Waals surface area contributed by atoms with Crippen molar-refractivity contribution < 1.29 is 4.79 Å². The first kappa shape index (κ1) is 11.7. The fourth-order valence-corrected chi connectivity index (χ4v) is 1.77. The number of carbonyl (C=O) groups is 1. The highest BCUT2D eigenvalue weighted by Gasteiger charge is 2.06. The number of nitrogens with one attached hydrogen (secondary N) is 1. The third-order valence-electron chi connectivity index (χ3n) is 2.70. The van der Waals surface area contributed by atoms with Crippen LogP contribution in [0.2, 0.25) is 0 Å². The fraction of sp³-hybridized carbons (Fsp3) is 0.286. The number of fused-ring (bicyclic) bond motifs is 1. The third kappa shape index (κ3) is 2.88. The molecular weight excluding hydrogens is 212 g/mol. The molecule has 0 spiro atoms. The summed E-state index contributed by atoms with van der Waals surface area (Å²) >= 11 is 0. The van der Waals surface area contributed by atoms with Crippen LogP contribution in [0.5, 0.6) is 0 Å². The molecule has 88 valence electrons. The van der Waals surface area contributed by atoms with Crippen LogP contribution in [0.3, 0.4) is 0 Å². The lowest BCUT2D eigenvalue weighted by atomic mass is 10.1. The minimum absolute atomic E-state index is 0.178. The Morgan fingerprint density at radius 3 is 3.06 bits per heavy atom. The molecule has 0 amide bonds. The van der Waals surface area contributed by atoms with Gasteiger partial charge in [0, 0.05) is 30.1 Å². The van der Waals surface area contributed by atoms with Gasteiger partial charge in [-0.1, -0.05) is 13.0 Å². The van der Waals surface area contributed by atoms with E-state index in [1.807, 2.05) is 37.3 Å².